The van der Waals surface area contributed by atoms with Crippen molar-refractivity contribution in [3.63, 3.8) is 0 Å². The summed E-state index contributed by atoms with van der Waals surface area (Å²) in [6.07, 6.45) is 4.13. The van der Waals surface area contributed by atoms with Crippen molar-refractivity contribution < 1.29 is 4.74 Å². The first-order valence-corrected chi connectivity index (χ1v) is 8.08. The van der Waals surface area contributed by atoms with Crippen LogP contribution in [0.5, 0.6) is 5.88 Å². The smallest absolute Gasteiger partial charge is 0.213 e. The Labute approximate surface area is 133 Å². The van der Waals surface area contributed by atoms with E-state index in [9.17, 15) is 0 Å². The topological polar surface area (TPSA) is 34.1 Å². The molecule has 2 aromatic rings. The molecule has 118 valence electrons. The molecule has 1 saturated heterocycles. The van der Waals surface area contributed by atoms with Crippen LogP contribution in [0.2, 0.25) is 0 Å². The first-order valence-electron chi connectivity index (χ1n) is 8.08. The highest BCUT2D eigenvalue weighted by atomic mass is 16.5. The number of nitrogens with one attached hydrogen (secondary N) is 1. The van der Waals surface area contributed by atoms with Crippen molar-refractivity contribution in [1.29, 1.82) is 0 Å². The van der Waals surface area contributed by atoms with Gasteiger partial charge in [0.25, 0.3) is 0 Å². The fraction of sp³-hybridized carbons (Fsp3) is 0.421. The number of aryl methyl sites for hydroxylation is 2. The lowest BCUT2D eigenvalue weighted by molar-refractivity contribution is 0.251. The number of benzene rings is 1. The van der Waals surface area contributed by atoms with E-state index in [1.54, 1.807) is 0 Å². The maximum Gasteiger partial charge on any atom is 0.213 e. The van der Waals surface area contributed by atoms with E-state index in [2.05, 4.69) is 42.3 Å². The van der Waals surface area contributed by atoms with Gasteiger partial charge in [0.15, 0.2) is 0 Å². The Bertz CT molecular complexity index is 519. The summed E-state index contributed by atoms with van der Waals surface area (Å²) in [5.41, 5.74) is 2.58. The van der Waals surface area contributed by atoms with Gasteiger partial charge in [-0.15, -0.1) is 0 Å². The Morgan fingerprint density at radius 3 is 2.50 bits per heavy atom. The Hall–Kier alpha value is -1.87. The van der Waals surface area contributed by atoms with Crippen molar-refractivity contribution in [2.75, 3.05) is 19.7 Å². The molecule has 0 aliphatic carbocycles. The van der Waals surface area contributed by atoms with E-state index < -0.39 is 0 Å². The lowest BCUT2D eigenvalue weighted by Gasteiger charge is -2.09. The molecule has 3 nitrogen and oxygen atoms in total. The molecule has 1 aliphatic heterocycles. The first-order chi connectivity index (χ1) is 10.8. The Kier molecular flexibility index (Phi) is 6.91. The minimum Gasteiger partial charge on any atom is -0.477 e. The molecular weight excluding hydrogens is 272 g/mol. The van der Waals surface area contributed by atoms with Gasteiger partial charge in [-0.1, -0.05) is 48.9 Å². The van der Waals surface area contributed by atoms with Gasteiger partial charge in [-0.2, -0.15) is 0 Å². The van der Waals surface area contributed by atoms with E-state index in [4.69, 9.17) is 4.74 Å². The summed E-state index contributed by atoms with van der Waals surface area (Å²) < 4.78 is 5.64. The lowest BCUT2D eigenvalue weighted by Crippen LogP contribution is -2.15. The van der Waals surface area contributed by atoms with Crippen LogP contribution in [0.1, 0.15) is 24.5 Å². The summed E-state index contributed by atoms with van der Waals surface area (Å²) in [5, 5.41) is 3.33. The van der Waals surface area contributed by atoms with Crippen LogP contribution in [0.4, 0.5) is 0 Å². The molecule has 1 N–H and O–H groups in total. The van der Waals surface area contributed by atoms with Crippen LogP contribution in [0.15, 0.2) is 48.7 Å². The molecule has 1 atom stereocenters. The molecule has 1 aromatic carbocycles. The third-order valence-corrected chi connectivity index (χ3v) is 3.78. The molecule has 0 spiro atoms. The third kappa shape index (κ3) is 5.86. The van der Waals surface area contributed by atoms with E-state index in [-0.39, 0.29) is 0 Å². The number of nitrogens with zero attached hydrogens (tertiary/aromatic N) is 1. The summed E-state index contributed by atoms with van der Waals surface area (Å²) >= 11 is 0. The van der Waals surface area contributed by atoms with E-state index in [0.29, 0.717) is 5.92 Å². The van der Waals surface area contributed by atoms with Crippen LogP contribution in [0.25, 0.3) is 0 Å². The van der Waals surface area contributed by atoms with Crippen LogP contribution < -0.4 is 10.1 Å². The molecule has 22 heavy (non-hydrogen) atoms. The Morgan fingerprint density at radius 1 is 1.18 bits per heavy atom. The molecule has 1 aliphatic rings. The first kappa shape index (κ1) is 16.5. The Morgan fingerprint density at radius 2 is 2.00 bits per heavy atom. The van der Waals surface area contributed by atoms with Crippen molar-refractivity contribution in [3.05, 3.63) is 59.8 Å². The van der Waals surface area contributed by atoms with Crippen molar-refractivity contribution in [3.8, 4) is 5.88 Å². The maximum atomic E-state index is 5.64. The number of rotatable bonds is 4. The molecule has 0 radical (unpaired) electrons. The molecule has 3 rings (SSSR count). The van der Waals surface area contributed by atoms with Crippen LogP contribution in [-0.2, 0) is 6.42 Å². The van der Waals surface area contributed by atoms with Gasteiger partial charge in [0.05, 0.1) is 6.61 Å². The summed E-state index contributed by atoms with van der Waals surface area (Å²) in [4.78, 5) is 4.27. The molecule has 1 aromatic heterocycles. The molecule has 0 saturated carbocycles. The predicted molar refractivity (Wildman–Crippen MR) is 91.3 cm³/mol. The number of pyridine rings is 1. The summed E-state index contributed by atoms with van der Waals surface area (Å²) in [7, 11) is 0. The number of ether oxygens (including phenoxy) is 1. The zero-order valence-corrected chi connectivity index (χ0v) is 13.6. The van der Waals surface area contributed by atoms with Crippen molar-refractivity contribution in [2.45, 2.75) is 26.7 Å². The second-order valence-corrected chi connectivity index (χ2v) is 5.68. The van der Waals surface area contributed by atoms with E-state index >= 15 is 0 Å². The zero-order valence-electron chi connectivity index (χ0n) is 13.6. The average molecular weight is 298 g/mol. The van der Waals surface area contributed by atoms with E-state index in [1.165, 1.54) is 17.5 Å². The van der Waals surface area contributed by atoms with Gasteiger partial charge in [-0.25, -0.2) is 4.98 Å². The monoisotopic (exact) mass is 298 g/mol. The van der Waals surface area contributed by atoms with Gasteiger partial charge in [0, 0.05) is 24.7 Å². The molecule has 2 heterocycles. The number of hydrogen-bond acceptors (Lipinski definition) is 3. The lowest BCUT2D eigenvalue weighted by atomic mass is 10.1. The molecule has 3 heteroatoms. The maximum absolute atomic E-state index is 5.64. The predicted octanol–water partition coefficient (Wildman–Crippen LogP) is 3.63. The quantitative estimate of drug-likeness (QED) is 0.936. The summed E-state index contributed by atoms with van der Waals surface area (Å²) in [6, 6.07) is 14.3. The molecular formula is C19H26N2O. The minimum absolute atomic E-state index is 0.651. The fourth-order valence-corrected chi connectivity index (χ4v) is 2.30. The highest BCUT2D eigenvalue weighted by Crippen LogP contribution is 2.12. The van der Waals surface area contributed by atoms with Crippen molar-refractivity contribution in [2.24, 2.45) is 5.92 Å². The third-order valence-electron chi connectivity index (χ3n) is 3.78. The van der Waals surface area contributed by atoms with Crippen molar-refractivity contribution in [1.82, 2.24) is 10.3 Å². The molecule has 1 fully saturated rings. The number of aromatic nitrogens is 1. The van der Waals surface area contributed by atoms with Crippen LogP contribution in [-0.4, -0.2) is 24.7 Å². The van der Waals surface area contributed by atoms with Gasteiger partial charge >= 0.3 is 0 Å². The largest absolute Gasteiger partial charge is 0.477 e. The van der Waals surface area contributed by atoms with Gasteiger partial charge in [-0.3, -0.25) is 0 Å². The molecule has 1 unspecified atom stereocenters. The summed E-state index contributed by atoms with van der Waals surface area (Å²) in [6.45, 7) is 7.19. The molecule has 0 bridgehead atoms. The normalized spacial score (nSPS) is 16.7. The van der Waals surface area contributed by atoms with E-state index in [0.717, 1.165) is 32.0 Å². The van der Waals surface area contributed by atoms with Gasteiger partial charge in [-0.05, 0) is 31.9 Å². The zero-order chi connectivity index (χ0) is 15.6. The fourth-order valence-electron chi connectivity index (χ4n) is 2.30. The van der Waals surface area contributed by atoms with Crippen molar-refractivity contribution >= 4 is 0 Å². The highest BCUT2D eigenvalue weighted by Gasteiger charge is 2.14. The molecule has 0 amide bonds. The standard InChI is InChI=1S/C12H18N2O.C7H8/c1-2-10-3-4-12(14-8-10)15-9-11-5-6-13-7-11;1-7-5-3-2-4-6-7/h3-4,8,11,13H,2,5-7,9H2,1H3;2-6H,1H3. The Balaban J connectivity index is 0.000000211. The van der Waals surface area contributed by atoms with E-state index in [1.807, 2.05) is 30.5 Å². The van der Waals surface area contributed by atoms with Gasteiger partial charge in [0.1, 0.15) is 0 Å². The van der Waals surface area contributed by atoms with Crippen LogP contribution in [0.3, 0.4) is 0 Å². The second kappa shape index (κ2) is 9.21. The van der Waals surface area contributed by atoms with Crippen LogP contribution in [0, 0.1) is 12.8 Å². The average Bonchev–Trinajstić information content (AvgIpc) is 3.08. The summed E-state index contributed by atoms with van der Waals surface area (Å²) in [5.74, 6) is 1.40. The second-order valence-electron chi connectivity index (χ2n) is 5.68. The highest BCUT2D eigenvalue weighted by molar-refractivity contribution is 5.17. The minimum atomic E-state index is 0.651. The number of hydrogen-bond donors (Lipinski definition) is 1. The van der Waals surface area contributed by atoms with Gasteiger partial charge in [0.2, 0.25) is 5.88 Å². The van der Waals surface area contributed by atoms with Gasteiger partial charge < -0.3 is 10.1 Å². The SMILES string of the molecule is CCc1ccc(OCC2CCNC2)nc1.Cc1ccccc1. The van der Waals surface area contributed by atoms with Crippen LogP contribution >= 0.6 is 0 Å².